The van der Waals surface area contributed by atoms with Gasteiger partial charge in [-0.05, 0) is 43.3 Å². The maximum atomic E-state index is 12.3. The minimum Gasteiger partial charge on any atom is -0.449 e. The van der Waals surface area contributed by atoms with Crippen molar-refractivity contribution in [2.75, 3.05) is 0 Å². The standard InChI is InChI=1S/C16H16N6O2S/c1-16(2,3)22-15(19-20-21-22)25-8-11-17-12-9-6-4-5-7-10(9)24-13(12)14(23)18-11/h4-7H,8H2,1-3H3,(H,17,18,23). The number of nitrogens with zero attached hydrogens (tertiary/aromatic N) is 5. The summed E-state index contributed by atoms with van der Waals surface area (Å²) in [6.07, 6.45) is 0. The van der Waals surface area contributed by atoms with E-state index >= 15 is 0 Å². The van der Waals surface area contributed by atoms with Crippen LogP contribution in [-0.4, -0.2) is 30.2 Å². The lowest BCUT2D eigenvalue weighted by Crippen LogP contribution is -2.24. The van der Waals surface area contributed by atoms with Gasteiger partial charge in [0.15, 0.2) is 0 Å². The molecule has 3 heterocycles. The summed E-state index contributed by atoms with van der Waals surface area (Å²) in [5.74, 6) is 0.999. The maximum Gasteiger partial charge on any atom is 0.294 e. The minimum absolute atomic E-state index is 0.225. The zero-order chi connectivity index (χ0) is 17.6. The van der Waals surface area contributed by atoms with Crippen molar-refractivity contribution in [3.05, 3.63) is 40.4 Å². The van der Waals surface area contributed by atoms with Crippen LogP contribution >= 0.6 is 11.8 Å². The molecule has 0 aliphatic carbocycles. The molecular formula is C16H16N6O2S. The van der Waals surface area contributed by atoms with Crippen LogP contribution in [0.3, 0.4) is 0 Å². The third kappa shape index (κ3) is 2.80. The second-order valence-electron chi connectivity index (χ2n) is 6.62. The van der Waals surface area contributed by atoms with Crippen LogP contribution in [0.5, 0.6) is 0 Å². The number of rotatable bonds is 3. The van der Waals surface area contributed by atoms with E-state index in [1.165, 1.54) is 11.8 Å². The molecule has 25 heavy (non-hydrogen) atoms. The average molecular weight is 356 g/mol. The SMILES string of the molecule is CC(C)(C)n1nnnc1SCc1nc2c(oc3ccccc32)c(=O)[nH]1. The highest BCUT2D eigenvalue weighted by Gasteiger charge is 2.20. The van der Waals surface area contributed by atoms with Gasteiger partial charge in [0.05, 0.1) is 11.3 Å². The first-order valence-corrected chi connectivity index (χ1v) is 8.74. The predicted octanol–water partition coefficient (Wildman–Crippen LogP) is 2.70. The lowest BCUT2D eigenvalue weighted by Gasteiger charge is -2.19. The molecular weight excluding hydrogens is 340 g/mol. The Hall–Kier alpha value is -2.68. The van der Waals surface area contributed by atoms with Crippen LogP contribution in [0.1, 0.15) is 26.6 Å². The van der Waals surface area contributed by atoms with Gasteiger partial charge in [0.1, 0.15) is 16.9 Å². The van der Waals surface area contributed by atoms with Gasteiger partial charge >= 0.3 is 0 Å². The number of para-hydroxylation sites is 1. The molecule has 0 unspecified atom stereocenters. The number of tetrazole rings is 1. The normalized spacial score (nSPS) is 12.3. The van der Waals surface area contributed by atoms with Crippen molar-refractivity contribution in [1.29, 1.82) is 0 Å². The molecule has 0 saturated carbocycles. The van der Waals surface area contributed by atoms with Crippen molar-refractivity contribution >= 4 is 33.8 Å². The average Bonchev–Trinajstić information content (AvgIpc) is 3.17. The van der Waals surface area contributed by atoms with Gasteiger partial charge < -0.3 is 9.40 Å². The summed E-state index contributed by atoms with van der Waals surface area (Å²) in [4.78, 5) is 19.7. The summed E-state index contributed by atoms with van der Waals surface area (Å²) >= 11 is 1.42. The summed E-state index contributed by atoms with van der Waals surface area (Å²) in [6.45, 7) is 6.08. The molecule has 0 atom stereocenters. The predicted molar refractivity (Wildman–Crippen MR) is 94.5 cm³/mol. The highest BCUT2D eigenvalue weighted by molar-refractivity contribution is 7.98. The van der Waals surface area contributed by atoms with Crippen LogP contribution < -0.4 is 5.56 Å². The minimum atomic E-state index is -0.285. The molecule has 128 valence electrons. The third-order valence-electron chi connectivity index (χ3n) is 3.69. The second-order valence-corrected chi connectivity index (χ2v) is 7.56. The van der Waals surface area contributed by atoms with Gasteiger partial charge in [-0.1, -0.05) is 23.9 Å². The van der Waals surface area contributed by atoms with Gasteiger partial charge in [0.2, 0.25) is 10.7 Å². The van der Waals surface area contributed by atoms with Gasteiger partial charge in [-0.15, -0.1) is 5.10 Å². The summed E-state index contributed by atoms with van der Waals surface area (Å²) in [6, 6.07) is 7.47. The Bertz CT molecular complexity index is 1120. The van der Waals surface area contributed by atoms with Gasteiger partial charge in [0.25, 0.3) is 5.56 Å². The number of hydrogen-bond acceptors (Lipinski definition) is 7. The van der Waals surface area contributed by atoms with Crippen molar-refractivity contribution in [3.8, 4) is 0 Å². The fourth-order valence-electron chi connectivity index (χ4n) is 2.54. The Kier molecular flexibility index (Phi) is 3.60. The molecule has 0 fully saturated rings. The van der Waals surface area contributed by atoms with Crippen LogP contribution in [0.25, 0.3) is 22.1 Å². The van der Waals surface area contributed by atoms with Crippen LogP contribution in [-0.2, 0) is 11.3 Å². The first-order chi connectivity index (χ1) is 11.9. The van der Waals surface area contributed by atoms with E-state index in [0.717, 1.165) is 5.39 Å². The highest BCUT2D eigenvalue weighted by atomic mass is 32.2. The number of nitrogens with one attached hydrogen (secondary N) is 1. The molecule has 3 aromatic heterocycles. The quantitative estimate of drug-likeness (QED) is 0.563. The first kappa shape index (κ1) is 15.8. The number of aromatic amines is 1. The third-order valence-corrected chi connectivity index (χ3v) is 4.62. The van der Waals surface area contributed by atoms with Gasteiger partial charge in [-0.2, -0.15) is 0 Å². The molecule has 0 radical (unpaired) electrons. The molecule has 0 aliphatic rings. The van der Waals surface area contributed by atoms with Crippen LogP contribution in [0, 0.1) is 0 Å². The lowest BCUT2D eigenvalue weighted by atomic mass is 10.1. The Balaban J connectivity index is 1.70. The smallest absolute Gasteiger partial charge is 0.294 e. The van der Waals surface area contributed by atoms with Gasteiger partial charge in [-0.25, -0.2) is 9.67 Å². The molecule has 0 saturated heterocycles. The molecule has 4 rings (SSSR count). The van der Waals surface area contributed by atoms with E-state index in [2.05, 4.69) is 25.5 Å². The number of fused-ring (bicyclic) bond motifs is 3. The molecule has 1 N–H and O–H groups in total. The molecule has 9 heteroatoms. The molecule has 4 aromatic rings. The number of furan rings is 1. The summed E-state index contributed by atoms with van der Waals surface area (Å²) in [7, 11) is 0. The topological polar surface area (TPSA) is 102 Å². The van der Waals surface area contributed by atoms with E-state index in [0.29, 0.717) is 27.8 Å². The van der Waals surface area contributed by atoms with Crippen molar-refractivity contribution in [3.63, 3.8) is 0 Å². The molecule has 1 aromatic carbocycles. The Morgan fingerprint density at radius 1 is 1.28 bits per heavy atom. The first-order valence-electron chi connectivity index (χ1n) is 7.75. The van der Waals surface area contributed by atoms with E-state index in [4.69, 9.17) is 4.42 Å². The Morgan fingerprint density at radius 3 is 2.88 bits per heavy atom. The number of aromatic nitrogens is 6. The van der Waals surface area contributed by atoms with Gasteiger partial charge in [0, 0.05) is 5.39 Å². The van der Waals surface area contributed by atoms with Crippen molar-refractivity contribution < 1.29 is 4.42 Å². The van der Waals surface area contributed by atoms with Crippen molar-refractivity contribution in [1.82, 2.24) is 30.2 Å². The fraction of sp³-hybridized carbons (Fsp3) is 0.312. The summed E-state index contributed by atoms with van der Waals surface area (Å²) in [5, 5.41) is 13.3. The van der Waals surface area contributed by atoms with E-state index in [9.17, 15) is 4.79 Å². The van der Waals surface area contributed by atoms with E-state index in [-0.39, 0.29) is 16.7 Å². The zero-order valence-corrected chi connectivity index (χ0v) is 14.8. The molecule has 0 aliphatic heterocycles. The highest BCUT2D eigenvalue weighted by Crippen LogP contribution is 2.26. The number of H-pyrrole nitrogens is 1. The number of hydrogen-bond donors (Lipinski definition) is 1. The van der Waals surface area contributed by atoms with Crippen molar-refractivity contribution in [2.24, 2.45) is 0 Å². The molecule has 8 nitrogen and oxygen atoms in total. The summed E-state index contributed by atoms with van der Waals surface area (Å²) < 4.78 is 7.35. The number of benzene rings is 1. The summed E-state index contributed by atoms with van der Waals surface area (Å²) in [5.41, 5.74) is 0.959. The van der Waals surface area contributed by atoms with Crippen molar-refractivity contribution in [2.45, 2.75) is 37.2 Å². The lowest BCUT2D eigenvalue weighted by molar-refractivity contribution is 0.321. The van der Waals surface area contributed by atoms with E-state index in [1.54, 1.807) is 4.68 Å². The monoisotopic (exact) mass is 356 g/mol. The zero-order valence-electron chi connectivity index (χ0n) is 14.0. The van der Waals surface area contributed by atoms with E-state index in [1.807, 2.05) is 45.0 Å². The Labute approximate surface area is 146 Å². The number of thioether (sulfide) groups is 1. The van der Waals surface area contributed by atoms with E-state index < -0.39 is 0 Å². The second kappa shape index (κ2) is 5.69. The van der Waals surface area contributed by atoms with Gasteiger partial charge in [-0.3, -0.25) is 4.79 Å². The largest absolute Gasteiger partial charge is 0.449 e. The Morgan fingerprint density at radius 2 is 2.08 bits per heavy atom. The van der Waals surface area contributed by atoms with Crippen LogP contribution in [0.4, 0.5) is 0 Å². The molecule has 0 amide bonds. The van der Waals surface area contributed by atoms with Crippen LogP contribution in [0.15, 0.2) is 38.6 Å². The molecule has 0 bridgehead atoms. The fourth-order valence-corrected chi connectivity index (χ4v) is 3.47. The molecule has 0 spiro atoms. The van der Waals surface area contributed by atoms with Crippen LogP contribution in [0.2, 0.25) is 0 Å². The maximum absolute atomic E-state index is 12.3.